The molecule has 0 bridgehead atoms. The zero-order valence-corrected chi connectivity index (χ0v) is 10.7. The highest BCUT2D eigenvalue weighted by atomic mass is 16.3. The molecule has 1 amide bonds. The van der Waals surface area contributed by atoms with Crippen LogP contribution in [0.1, 0.15) is 13.8 Å². The molecule has 2 atom stereocenters. The molecule has 2 heterocycles. The Morgan fingerprint density at radius 1 is 1.29 bits per heavy atom. The Balaban J connectivity index is 1.94. The molecule has 2 unspecified atom stereocenters. The molecule has 2 rings (SSSR count). The summed E-state index contributed by atoms with van der Waals surface area (Å²) in [6, 6.07) is 0.125. The van der Waals surface area contributed by atoms with Gasteiger partial charge in [0, 0.05) is 45.2 Å². The minimum absolute atomic E-state index is 0.0176. The number of hydrogen-bond acceptors (Lipinski definition) is 4. The number of aliphatic hydroxyl groups is 1. The third-order valence-electron chi connectivity index (χ3n) is 3.69. The fourth-order valence-corrected chi connectivity index (χ4v) is 2.69. The molecule has 5 nitrogen and oxygen atoms in total. The minimum atomic E-state index is -0.393. The Bertz CT molecular complexity index is 277. The SMILES string of the molecule is CC(C)C(=O)N1CC(O)C(N2CCNCC2)C1. The van der Waals surface area contributed by atoms with Crippen LogP contribution in [-0.2, 0) is 4.79 Å². The van der Waals surface area contributed by atoms with Crippen LogP contribution in [0.4, 0.5) is 0 Å². The maximum atomic E-state index is 11.9. The summed E-state index contributed by atoms with van der Waals surface area (Å²) in [6.45, 7) is 8.86. The molecule has 0 aromatic carbocycles. The summed E-state index contributed by atoms with van der Waals surface area (Å²) in [6.07, 6.45) is -0.393. The van der Waals surface area contributed by atoms with Crippen molar-refractivity contribution < 1.29 is 9.90 Å². The van der Waals surface area contributed by atoms with Gasteiger partial charge in [-0.1, -0.05) is 13.8 Å². The number of nitrogens with zero attached hydrogens (tertiary/aromatic N) is 2. The maximum Gasteiger partial charge on any atom is 0.225 e. The highest BCUT2D eigenvalue weighted by molar-refractivity contribution is 5.78. The number of likely N-dealkylation sites (tertiary alicyclic amines) is 1. The van der Waals surface area contributed by atoms with E-state index >= 15 is 0 Å². The molecule has 0 aromatic heterocycles. The van der Waals surface area contributed by atoms with Crippen LogP contribution in [0.5, 0.6) is 0 Å². The summed E-state index contributed by atoms with van der Waals surface area (Å²) in [5.74, 6) is 0.172. The van der Waals surface area contributed by atoms with E-state index in [1.54, 1.807) is 0 Å². The highest BCUT2D eigenvalue weighted by Crippen LogP contribution is 2.18. The van der Waals surface area contributed by atoms with Crippen molar-refractivity contribution in [2.75, 3.05) is 39.3 Å². The molecule has 17 heavy (non-hydrogen) atoms. The van der Waals surface area contributed by atoms with Crippen molar-refractivity contribution in [2.24, 2.45) is 5.92 Å². The van der Waals surface area contributed by atoms with Gasteiger partial charge >= 0.3 is 0 Å². The molecule has 0 spiro atoms. The van der Waals surface area contributed by atoms with Crippen LogP contribution in [0.25, 0.3) is 0 Å². The molecular formula is C12H23N3O2. The van der Waals surface area contributed by atoms with Gasteiger partial charge in [0.05, 0.1) is 12.1 Å². The van der Waals surface area contributed by atoms with Crippen molar-refractivity contribution in [1.29, 1.82) is 0 Å². The lowest BCUT2D eigenvalue weighted by atomic mass is 10.1. The lowest BCUT2D eigenvalue weighted by Gasteiger charge is -2.33. The second-order valence-electron chi connectivity index (χ2n) is 5.32. The van der Waals surface area contributed by atoms with Crippen LogP contribution < -0.4 is 5.32 Å². The normalized spacial score (nSPS) is 31.2. The minimum Gasteiger partial charge on any atom is -0.390 e. The van der Waals surface area contributed by atoms with E-state index in [0.29, 0.717) is 13.1 Å². The Hall–Kier alpha value is -0.650. The van der Waals surface area contributed by atoms with Crippen LogP contribution >= 0.6 is 0 Å². The van der Waals surface area contributed by atoms with Gasteiger partial charge in [0.1, 0.15) is 0 Å². The quantitative estimate of drug-likeness (QED) is 0.659. The molecule has 0 saturated carbocycles. The first-order chi connectivity index (χ1) is 8.09. The average Bonchev–Trinajstić information content (AvgIpc) is 2.71. The molecule has 5 heteroatoms. The van der Waals surface area contributed by atoms with E-state index in [1.165, 1.54) is 0 Å². The zero-order chi connectivity index (χ0) is 12.4. The van der Waals surface area contributed by atoms with Gasteiger partial charge in [-0.25, -0.2) is 0 Å². The Kier molecular flexibility index (Phi) is 4.01. The van der Waals surface area contributed by atoms with E-state index in [2.05, 4.69) is 10.2 Å². The van der Waals surface area contributed by atoms with Gasteiger partial charge in [-0.15, -0.1) is 0 Å². The zero-order valence-electron chi connectivity index (χ0n) is 10.7. The number of aliphatic hydroxyl groups excluding tert-OH is 1. The summed E-state index contributed by atoms with van der Waals surface area (Å²) in [5.41, 5.74) is 0. The predicted molar refractivity (Wildman–Crippen MR) is 65.7 cm³/mol. The van der Waals surface area contributed by atoms with E-state index < -0.39 is 6.10 Å². The molecule has 0 aromatic rings. The van der Waals surface area contributed by atoms with Gasteiger partial charge in [-0.05, 0) is 0 Å². The molecule has 2 fully saturated rings. The summed E-state index contributed by atoms with van der Waals surface area (Å²) in [7, 11) is 0. The lowest BCUT2D eigenvalue weighted by molar-refractivity contribution is -0.133. The van der Waals surface area contributed by atoms with Crippen molar-refractivity contribution in [2.45, 2.75) is 26.0 Å². The van der Waals surface area contributed by atoms with Crippen molar-refractivity contribution in [3.05, 3.63) is 0 Å². The van der Waals surface area contributed by atoms with E-state index in [9.17, 15) is 9.90 Å². The fourth-order valence-electron chi connectivity index (χ4n) is 2.69. The molecule has 2 N–H and O–H groups in total. The van der Waals surface area contributed by atoms with E-state index in [0.717, 1.165) is 26.2 Å². The van der Waals surface area contributed by atoms with Crippen LogP contribution in [0.3, 0.4) is 0 Å². The van der Waals surface area contributed by atoms with Gasteiger partial charge in [0.15, 0.2) is 0 Å². The number of nitrogens with one attached hydrogen (secondary N) is 1. The molecule has 98 valence electrons. The highest BCUT2D eigenvalue weighted by Gasteiger charge is 2.38. The predicted octanol–water partition coefficient (Wildman–Crippen LogP) is -0.881. The van der Waals surface area contributed by atoms with Crippen molar-refractivity contribution in [3.63, 3.8) is 0 Å². The first-order valence-electron chi connectivity index (χ1n) is 6.51. The second kappa shape index (κ2) is 5.33. The van der Waals surface area contributed by atoms with E-state index in [1.807, 2.05) is 18.7 Å². The van der Waals surface area contributed by atoms with Gasteiger partial charge in [0.2, 0.25) is 5.91 Å². The molecular weight excluding hydrogens is 218 g/mol. The van der Waals surface area contributed by atoms with Gasteiger partial charge < -0.3 is 15.3 Å². The van der Waals surface area contributed by atoms with Crippen molar-refractivity contribution in [1.82, 2.24) is 15.1 Å². The number of carbonyl (C=O) groups excluding carboxylic acids is 1. The largest absolute Gasteiger partial charge is 0.390 e. The first-order valence-corrected chi connectivity index (χ1v) is 6.51. The van der Waals surface area contributed by atoms with Crippen LogP contribution in [0, 0.1) is 5.92 Å². The van der Waals surface area contributed by atoms with Crippen LogP contribution in [0.15, 0.2) is 0 Å². The number of carbonyl (C=O) groups is 1. The first kappa shape index (κ1) is 12.8. The summed E-state index contributed by atoms with van der Waals surface area (Å²) >= 11 is 0. The summed E-state index contributed by atoms with van der Waals surface area (Å²) in [5, 5.41) is 13.4. The van der Waals surface area contributed by atoms with E-state index in [-0.39, 0.29) is 17.9 Å². The van der Waals surface area contributed by atoms with Crippen LogP contribution in [-0.4, -0.2) is 72.2 Å². The number of amides is 1. The van der Waals surface area contributed by atoms with Gasteiger partial charge in [0.25, 0.3) is 0 Å². The third kappa shape index (κ3) is 2.78. The standard InChI is InChI=1S/C12H23N3O2/c1-9(2)12(17)15-7-10(11(16)8-15)14-5-3-13-4-6-14/h9-11,13,16H,3-8H2,1-2H3. The molecule has 0 radical (unpaired) electrons. The lowest BCUT2D eigenvalue weighted by Crippen LogP contribution is -2.52. The molecule has 2 saturated heterocycles. The Labute approximate surface area is 103 Å². The Morgan fingerprint density at radius 2 is 1.94 bits per heavy atom. The monoisotopic (exact) mass is 241 g/mol. The summed E-state index contributed by atoms with van der Waals surface area (Å²) in [4.78, 5) is 16.0. The number of piperazine rings is 1. The molecule has 2 aliphatic rings. The number of rotatable bonds is 2. The topological polar surface area (TPSA) is 55.8 Å². The van der Waals surface area contributed by atoms with Crippen LogP contribution in [0.2, 0.25) is 0 Å². The summed E-state index contributed by atoms with van der Waals surface area (Å²) < 4.78 is 0. The van der Waals surface area contributed by atoms with Gasteiger partial charge in [-0.3, -0.25) is 9.69 Å². The number of β-amino-alcohol motifs (C(OH)–C–C–N with tert-alkyl or cyclic N) is 1. The molecule has 0 aliphatic carbocycles. The third-order valence-corrected chi connectivity index (χ3v) is 3.69. The maximum absolute atomic E-state index is 11.9. The second-order valence-corrected chi connectivity index (χ2v) is 5.32. The van der Waals surface area contributed by atoms with E-state index in [4.69, 9.17) is 0 Å². The Morgan fingerprint density at radius 3 is 2.53 bits per heavy atom. The van der Waals surface area contributed by atoms with Gasteiger partial charge in [-0.2, -0.15) is 0 Å². The number of hydrogen-bond donors (Lipinski definition) is 2. The molecule has 2 aliphatic heterocycles. The average molecular weight is 241 g/mol. The smallest absolute Gasteiger partial charge is 0.225 e. The van der Waals surface area contributed by atoms with Crippen molar-refractivity contribution in [3.8, 4) is 0 Å². The fraction of sp³-hybridized carbons (Fsp3) is 0.917. The van der Waals surface area contributed by atoms with Crippen molar-refractivity contribution >= 4 is 5.91 Å².